The molecule has 2 rings (SSSR count). The first-order valence-corrected chi connectivity index (χ1v) is 7.49. The summed E-state index contributed by atoms with van der Waals surface area (Å²) in [6.07, 6.45) is 4.22. The summed E-state index contributed by atoms with van der Waals surface area (Å²) in [5.41, 5.74) is 8.34. The van der Waals surface area contributed by atoms with Gasteiger partial charge in [-0.2, -0.15) is 0 Å². The van der Waals surface area contributed by atoms with Gasteiger partial charge in [-0.25, -0.2) is 0 Å². The number of hydrogen-bond donors (Lipinski definition) is 1. The average molecular weight is 335 g/mol. The molecule has 0 bridgehead atoms. The van der Waals surface area contributed by atoms with E-state index in [4.69, 9.17) is 10.5 Å². The average Bonchev–Trinajstić information content (AvgIpc) is 2.48. The second kappa shape index (κ2) is 6.86. The Morgan fingerprint density at radius 1 is 1.35 bits per heavy atom. The molecule has 0 saturated carbocycles. The highest BCUT2D eigenvalue weighted by Gasteiger charge is 2.20. The monoisotopic (exact) mass is 334 g/mol. The Hall–Kier alpha value is -1.39. The molecule has 0 amide bonds. The van der Waals surface area contributed by atoms with E-state index >= 15 is 0 Å². The van der Waals surface area contributed by atoms with Gasteiger partial charge in [0.05, 0.1) is 0 Å². The number of pyridine rings is 1. The number of rotatable bonds is 5. The van der Waals surface area contributed by atoms with E-state index in [9.17, 15) is 0 Å². The van der Waals surface area contributed by atoms with Gasteiger partial charge in [0.2, 0.25) is 0 Å². The van der Waals surface area contributed by atoms with E-state index in [1.165, 1.54) is 0 Å². The first-order chi connectivity index (χ1) is 9.61. The van der Waals surface area contributed by atoms with Crippen molar-refractivity contribution >= 4 is 15.9 Å². The van der Waals surface area contributed by atoms with Gasteiger partial charge in [-0.3, -0.25) is 4.98 Å². The first-order valence-electron chi connectivity index (χ1n) is 6.70. The normalized spacial score (nSPS) is 13.8. The number of nitrogens with two attached hydrogens (primary N) is 1. The molecule has 2 atom stereocenters. The molecule has 0 aliphatic carbocycles. The fourth-order valence-corrected chi connectivity index (χ4v) is 2.24. The Bertz CT molecular complexity index is 560. The minimum atomic E-state index is -0.186. The maximum Gasteiger partial charge on any atom is 0.140 e. The molecule has 0 fully saturated rings. The van der Waals surface area contributed by atoms with E-state index in [1.807, 2.05) is 43.5 Å². The molecule has 4 heteroatoms. The highest BCUT2D eigenvalue weighted by molar-refractivity contribution is 9.10. The largest absolute Gasteiger partial charge is 0.484 e. The van der Waals surface area contributed by atoms with Crippen LogP contribution in [0.1, 0.15) is 30.6 Å². The minimum absolute atomic E-state index is 0.0665. The molecule has 0 radical (unpaired) electrons. The van der Waals surface area contributed by atoms with Crippen LogP contribution in [0.15, 0.2) is 47.2 Å². The lowest BCUT2D eigenvalue weighted by molar-refractivity contribution is 0.170. The molecule has 0 aliphatic heterocycles. The Labute approximate surface area is 128 Å². The molecule has 106 valence electrons. The van der Waals surface area contributed by atoms with Crippen molar-refractivity contribution in [2.45, 2.75) is 32.4 Å². The Morgan fingerprint density at radius 2 is 2.15 bits per heavy atom. The highest BCUT2D eigenvalue weighted by atomic mass is 79.9. The van der Waals surface area contributed by atoms with Crippen LogP contribution in [0.2, 0.25) is 0 Å². The van der Waals surface area contributed by atoms with Crippen LogP contribution in [0.25, 0.3) is 0 Å². The highest BCUT2D eigenvalue weighted by Crippen LogP contribution is 2.28. The lowest BCUT2D eigenvalue weighted by Gasteiger charge is -2.24. The van der Waals surface area contributed by atoms with Crippen LogP contribution in [0, 0.1) is 6.92 Å². The van der Waals surface area contributed by atoms with Crippen molar-refractivity contribution in [3.8, 4) is 5.75 Å². The van der Waals surface area contributed by atoms with Crippen LogP contribution in [-0.2, 0) is 0 Å². The zero-order valence-corrected chi connectivity index (χ0v) is 13.3. The van der Waals surface area contributed by atoms with Gasteiger partial charge in [-0.15, -0.1) is 0 Å². The molecule has 1 heterocycles. The number of benzene rings is 1. The maximum absolute atomic E-state index is 6.20. The van der Waals surface area contributed by atoms with Gasteiger partial charge in [0.15, 0.2) is 0 Å². The number of hydrogen-bond acceptors (Lipinski definition) is 3. The number of halogens is 1. The van der Waals surface area contributed by atoms with Crippen LogP contribution in [0.3, 0.4) is 0 Å². The molecule has 2 aromatic rings. The maximum atomic E-state index is 6.20. The summed E-state index contributed by atoms with van der Waals surface area (Å²) in [6.45, 7) is 4.10. The van der Waals surface area contributed by atoms with Crippen molar-refractivity contribution in [2.24, 2.45) is 5.73 Å². The van der Waals surface area contributed by atoms with Crippen LogP contribution < -0.4 is 10.5 Å². The van der Waals surface area contributed by atoms with Crippen LogP contribution in [-0.4, -0.2) is 11.0 Å². The van der Waals surface area contributed by atoms with Crippen molar-refractivity contribution in [2.75, 3.05) is 0 Å². The van der Waals surface area contributed by atoms with Gasteiger partial charge in [0.1, 0.15) is 11.9 Å². The Balaban J connectivity index is 2.26. The quantitative estimate of drug-likeness (QED) is 0.898. The van der Waals surface area contributed by atoms with Crippen molar-refractivity contribution in [1.29, 1.82) is 0 Å². The van der Waals surface area contributed by atoms with E-state index in [-0.39, 0.29) is 12.1 Å². The van der Waals surface area contributed by atoms with Gasteiger partial charge in [-0.05, 0) is 43.2 Å². The molecule has 0 saturated heterocycles. The summed E-state index contributed by atoms with van der Waals surface area (Å²) in [4.78, 5) is 4.15. The standard InChI is InChI=1S/C16H19BrN2O/c1-3-15(18)16(12-5-4-8-19-10-12)20-13-6-7-14(17)11(2)9-13/h4-10,15-16H,3,18H2,1-2H3. The van der Waals surface area contributed by atoms with Gasteiger partial charge in [-0.1, -0.05) is 28.9 Å². The van der Waals surface area contributed by atoms with Crippen molar-refractivity contribution in [3.05, 3.63) is 58.3 Å². The third-order valence-electron chi connectivity index (χ3n) is 3.27. The fourth-order valence-electron chi connectivity index (χ4n) is 2.00. The second-order valence-electron chi connectivity index (χ2n) is 4.81. The molecular weight excluding hydrogens is 316 g/mol. The minimum Gasteiger partial charge on any atom is -0.484 e. The summed E-state index contributed by atoms with van der Waals surface area (Å²) >= 11 is 3.49. The van der Waals surface area contributed by atoms with Gasteiger partial charge >= 0.3 is 0 Å². The van der Waals surface area contributed by atoms with Crippen molar-refractivity contribution < 1.29 is 4.74 Å². The SMILES string of the molecule is CCC(N)C(Oc1ccc(Br)c(C)c1)c1cccnc1. The molecule has 2 unspecified atom stereocenters. The van der Waals surface area contributed by atoms with Gasteiger partial charge in [0.25, 0.3) is 0 Å². The van der Waals surface area contributed by atoms with E-state index in [2.05, 4.69) is 27.8 Å². The summed E-state index contributed by atoms with van der Waals surface area (Å²) in [5.74, 6) is 0.823. The molecule has 0 aliphatic rings. The number of aromatic nitrogens is 1. The van der Waals surface area contributed by atoms with Crippen molar-refractivity contribution in [1.82, 2.24) is 4.98 Å². The lowest BCUT2D eigenvalue weighted by atomic mass is 10.0. The third kappa shape index (κ3) is 3.58. The van der Waals surface area contributed by atoms with Crippen LogP contribution >= 0.6 is 15.9 Å². The second-order valence-corrected chi connectivity index (χ2v) is 5.66. The van der Waals surface area contributed by atoms with E-state index in [1.54, 1.807) is 6.20 Å². The molecule has 1 aromatic carbocycles. The third-order valence-corrected chi connectivity index (χ3v) is 4.16. The summed E-state index contributed by atoms with van der Waals surface area (Å²) in [6, 6.07) is 9.78. The van der Waals surface area contributed by atoms with Gasteiger partial charge < -0.3 is 10.5 Å². The predicted molar refractivity (Wildman–Crippen MR) is 84.8 cm³/mol. The molecule has 20 heavy (non-hydrogen) atoms. The molecular formula is C16H19BrN2O. The lowest BCUT2D eigenvalue weighted by Crippen LogP contribution is -2.31. The molecule has 0 spiro atoms. The zero-order valence-electron chi connectivity index (χ0n) is 11.7. The van der Waals surface area contributed by atoms with Crippen LogP contribution in [0.5, 0.6) is 5.75 Å². The summed E-state index contributed by atoms with van der Waals surface area (Å²) in [5, 5.41) is 0. The predicted octanol–water partition coefficient (Wildman–Crippen LogP) is 4.01. The number of aryl methyl sites for hydroxylation is 1. The topological polar surface area (TPSA) is 48.1 Å². The van der Waals surface area contributed by atoms with Crippen LogP contribution in [0.4, 0.5) is 0 Å². The Morgan fingerprint density at radius 3 is 2.75 bits per heavy atom. The number of ether oxygens (including phenoxy) is 1. The summed E-state index contributed by atoms with van der Waals surface area (Å²) < 4.78 is 7.18. The van der Waals surface area contributed by atoms with Crippen molar-refractivity contribution in [3.63, 3.8) is 0 Å². The molecule has 2 N–H and O–H groups in total. The van der Waals surface area contributed by atoms with Gasteiger partial charge in [0, 0.05) is 28.5 Å². The molecule has 1 aromatic heterocycles. The fraction of sp³-hybridized carbons (Fsp3) is 0.312. The summed E-state index contributed by atoms with van der Waals surface area (Å²) in [7, 11) is 0. The van der Waals surface area contributed by atoms with E-state index in [0.717, 1.165) is 27.8 Å². The Kier molecular flexibility index (Phi) is 5.15. The van der Waals surface area contributed by atoms with E-state index < -0.39 is 0 Å². The van der Waals surface area contributed by atoms with E-state index in [0.29, 0.717) is 0 Å². The number of nitrogens with zero attached hydrogens (tertiary/aromatic N) is 1. The first kappa shape index (κ1) is 15.0. The molecule has 3 nitrogen and oxygen atoms in total. The zero-order chi connectivity index (χ0) is 14.5. The smallest absolute Gasteiger partial charge is 0.140 e.